The van der Waals surface area contributed by atoms with E-state index in [1.54, 1.807) is 0 Å². The molecule has 1 heterocycles. The maximum absolute atomic E-state index is 11.3. The van der Waals surface area contributed by atoms with Gasteiger partial charge in [-0.1, -0.05) is 296 Å². The van der Waals surface area contributed by atoms with Crippen LogP contribution in [0.3, 0.4) is 0 Å². The van der Waals surface area contributed by atoms with Crippen molar-refractivity contribution in [2.75, 3.05) is 0 Å². The van der Waals surface area contributed by atoms with Crippen molar-refractivity contribution in [2.45, 2.75) is 463 Å². The van der Waals surface area contributed by atoms with Gasteiger partial charge >= 0.3 is 166 Å². The van der Waals surface area contributed by atoms with E-state index in [1.165, 1.54) is 417 Å². The van der Waals surface area contributed by atoms with Crippen LogP contribution in [0.2, 0.25) is 10.8 Å². The number of allylic oxidation sites excluding steroid dienone is 2. The Labute approximate surface area is 577 Å². The molecule has 0 spiro atoms. The molecule has 0 unspecified atom stereocenters. The predicted molar refractivity (Wildman–Crippen MR) is 408 cm³/mol. The summed E-state index contributed by atoms with van der Waals surface area (Å²) in [6.07, 6.45) is 95.6. The van der Waals surface area contributed by atoms with E-state index in [4.69, 9.17) is 0 Å². The van der Waals surface area contributed by atoms with Gasteiger partial charge in [-0.2, -0.15) is 0 Å². The first-order valence-electron chi connectivity index (χ1n) is 41.7. The van der Waals surface area contributed by atoms with Gasteiger partial charge in [0, 0.05) is 22.8 Å². The average Bonchev–Trinajstić information content (AvgIpc) is 1.72. The number of nitrogens with zero attached hydrogens (tertiary/aromatic N) is 2. The molecule has 2 aromatic carbocycles. The molecule has 0 amide bonds. The van der Waals surface area contributed by atoms with Gasteiger partial charge in [-0.15, -0.1) is 0 Å². The Morgan fingerprint density at radius 3 is 0.769 bits per heavy atom. The third kappa shape index (κ3) is 51.9. The Bertz CT molecular complexity index is 1850. The molecule has 530 valence electrons. The van der Waals surface area contributed by atoms with Crippen molar-refractivity contribution >= 4 is 11.4 Å². The van der Waals surface area contributed by atoms with Crippen LogP contribution in [0.25, 0.3) is 16.9 Å². The van der Waals surface area contributed by atoms with E-state index in [0.29, 0.717) is 0 Å². The fourth-order valence-electron chi connectivity index (χ4n) is 13.9. The maximum atomic E-state index is 11.3. The van der Waals surface area contributed by atoms with Gasteiger partial charge in [0.15, 0.2) is 0 Å². The Morgan fingerprint density at radius 2 is 0.495 bits per heavy atom. The molecule has 91 heavy (non-hydrogen) atoms. The van der Waals surface area contributed by atoms with E-state index in [0.717, 1.165) is 54.6 Å². The van der Waals surface area contributed by atoms with Crippen LogP contribution in [0.1, 0.15) is 461 Å². The fraction of sp³-hybridized carbons (Fsp3) is 0.818. The van der Waals surface area contributed by atoms with Crippen molar-refractivity contribution in [3.63, 3.8) is 0 Å². The Kier molecular flexibility index (Phi) is 63.6. The summed E-state index contributed by atoms with van der Waals surface area (Å²) in [6, 6.07) is 17.4. The molecule has 0 saturated carbocycles. The van der Waals surface area contributed by atoms with Gasteiger partial charge in [-0.05, 0) is 73.9 Å². The van der Waals surface area contributed by atoms with E-state index >= 15 is 0 Å². The Balaban J connectivity index is 0.000000774. The minimum Gasteiger partial charge on any atom is -0.0654 e. The predicted octanol–water partition coefficient (Wildman–Crippen LogP) is 32.2. The van der Waals surface area contributed by atoms with Crippen molar-refractivity contribution in [3.05, 3.63) is 88.0 Å². The molecule has 1 aliphatic rings. The number of hydrogen-bond acceptors (Lipinski definition) is 0. The van der Waals surface area contributed by atoms with Gasteiger partial charge in [0.1, 0.15) is 0 Å². The molecule has 2 aromatic rings. The summed E-state index contributed by atoms with van der Waals surface area (Å²) in [5.74, 6) is 0. The molecule has 3 rings (SSSR count). The second-order valence-corrected chi connectivity index (χ2v) is 30.5. The summed E-state index contributed by atoms with van der Waals surface area (Å²) in [4.78, 5) is 0. The molecule has 0 fully saturated rings. The smallest absolute Gasteiger partial charge is 0.0654 e. The molecule has 0 atom stereocenters. The van der Waals surface area contributed by atoms with Crippen molar-refractivity contribution in [1.29, 1.82) is 0 Å². The first-order chi connectivity index (χ1) is 45.1. The quantitative estimate of drug-likeness (QED) is 0.0358. The summed E-state index contributed by atoms with van der Waals surface area (Å²) in [7, 11) is 0. The molecular weight excluding hydrogens is 1140 g/mol. The molecule has 2 nitrogen and oxygen atoms in total. The standard InChI is InChI=1S/2C30H61.C28H36N2.Ni/c2*1-3-5-7-9-11-13-15-17-19-21-23-25-27-29-30-28-26-24-22-20-18-16-14-12-10-8-6-4-2;1-4-7-12-22-14-10-17-24(19-22)27-21-26(16-9-6-3)28(30(27)29)25-18-11-15-23(20-25)13-8-5-2;/h2*1,3-30H2,2H3;10-11,14-15,17-21H,4-9,12-13,16H2,1-3H3;. The molecule has 0 bridgehead atoms. The van der Waals surface area contributed by atoms with Gasteiger partial charge in [0.2, 0.25) is 11.4 Å². The van der Waals surface area contributed by atoms with E-state index in [9.17, 15) is 5.53 Å². The zero-order valence-corrected chi connectivity index (χ0v) is 63.3. The summed E-state index contributed by atoms with van der Waals surface area (Å²) < 4.78 is 1.43. The third-order valence-corrected chi connectivity index (χ3v) is 21.5. The zero-order chi connectivity index (χ0) is 65.1. The van der Waals surface area contributed by atoms with Crippen molar-refractivity contribution in [2.24, 2.45) is 0 Å². The van der Waals surface area contributed by atoms with E-state index in [-0.39, 0.29) is 0 Å². The average molecular weight is 1300 g/mol. The number of unbranched alkanes of at least 4 members (excludes halogenated alkanes) is 57. The molecule has 1 aliphatic heterocycles. The van der Waals surface area contributed by atoms with Gasteiger partial charge < -0.3 is 5.53 Å². The second-order valence-electron chi connectivity index (χ2n) is 29.0. The van der Waals surface area contributed by atoms with Crippen molar-refractivity contribution in [3.8, 4) is 0 Å². The number of aryl methyl sites for hydroxylation is 2. The summed E-state index contributed by atoms with van der Waals surface area (Å²) >= 11 is 2.06. The molecule has 3 heteroatoms. The van der Waals surface area contributed by atoms with Gasteiger partial charge in [0.05, 0.1) is 0 Å². The molecule has 0 aromatic heterocycles. The number of benzene rings is 2. The van der Waals surface area contributed by atoms with E-state index in [1.807, 2.05) is 0 Å². The first kappa shape index (κ1) is 85.1. The van der Waals surface area contributed by atoms with Gasteiger partial charge in [-0.25, -0.2) is 4.70 Å². The Morgan fingerprint density at radius 1 is 0.264 bits per heavy atom. The Hall–Kier alpha value is -1.99. The van der Waals surface area contributed by atoms with E-state index in [2.05, 4.69) is 104 Å². The van der Waals surface area contributed by atoms with Gasteiger partial charge in [-0.3, -0.25) is 0 Å². The minimum atomic E-state index is 0.897. The monoisotopic (exact) mass is 1300 g/mol. The fourth-order valence-corrected chi connectivity index (χ4v) is 15.1. The minimum absolute atomic E-state index is 0.897. The molecule has 0 saturated heterocycles. The SMILES string of the molecule is CCCCC1=C(c2cccc(CCCC)c2)[N+](=[N-])C(c2cccc(CCCC)c2)=C1.CCCCCCCCCCCCCCCCCCCCCCCCCCCCC[CH2][Ni][CH2]CCCCCCCCCCCCCCCCCCCCCCCCCCCCC. The van der Waals surface area contributed by atoms with Crippen LogP contribution >= 0.6 is 0 Å². The summed E-state index contributed by atoms with van der Waals surface area (Å²) in [6.45, 7) is 11.3. The molecule has 0 radical (unpaired) electrons. The number of hydrogen-bond donors (Lipinski definition) is 0. The van der Waals surface area contributed by atoms with Gasteiger partial charge in [0.25, 0.3) is 0 Å². The van der Waals surface area contributed by atoms with Crippen LogP contribution in [0.5, 0.6) is 0 Å². The van der Waals surface area contributed by atoms with Crippen LogP contribution in [0.4, 0.5) is 0 Å². The van der Waals surface area contributed by atoms with Crippen molar-refractivity contribution < 1.29 is 19.1 Å². The summed E-state index contributed by atoms with van der Waals surface area (Å²) in [5.41, 5.74) is 19.3. The second kappa shape index (κ2) is 68.0. The molecule has 0 aliphatic carbocycles. The van der Waals surface area contributed by atoms with Crippen LogP contribution in [-0.4, -0.2) is 4.70 Å². The summed E-state index contributed by atoms with van der Waals surface area (Å²) in [5, 5.41) is 2.87. The van der Waals surface area contributed by atoms with Crippen LogP contribution in [-0.2, 0) is 27.3 Å². The normalized spacial score (nSPS) is 12.5. The van der Waals surface area contributed by atoms with Crippen LogP contribution in [0.15, 0.2) is 60.2 Å². The van der Waals surface area contributed by atoms with Crippen molar-refractivity contribution in [1.82, 2.24) is 0 Å². The topological polar surface area (TPSA) is 25.3 Å². The molecular formula is C88H158N2Ni. The third-order valence-electron chi connectivity index (χ3n) is 20.1. The number of rotatable bonds is 69. The zero-order valence-electron chi connectivity index (χ0n) is 62.3. The molecule has 0 N–H and O–H groups in total. The van der Waals surface area contributed by atoms with E-state index < -0.39 is 0 Å². The van der Waals surface area contributed by atoms with Crippen LogP contribution in [0, 0.1) is 0 Å². The van der Waals surface area contributed by atoms with Crippen LogP contribution < -0.4 is 0 Å². The first-order valence-corrected chi connectivity index (χ1v) is 43.1.